The van der Waals surface area contributed by atoms with Crippen molar-refractivity contribution in [3.8, 4) is 0 Å². The summed E-state index contributed by atoms with van der Waals surface area (Å²) < 4.78 is 0. The van der Waals surface area contributed by atoms with Crippen LogP contribution in [0.25, 0.3) is 0 Å². The van der Waals surface area contributed by atoms with Crippen molar-refractivity contribution in [3.63, 3.8) is 0 Å². The van der Waals surface area contributed by atoms with Crippen LogP contribution in [0.3, 0.4) is 0 Å². The van der Waals surface area contributed by atoms with Gasteiger partial charge in [-0.2, -0.15) is 0 Å². The van der Waals surface area contributed by atoms with E-state index >= 15 is 0 Å². The standard InChI is InChI=1S/C24H33N5O2/c1-14-11-16(12-19(26)23(14)30)17-9-10-27-13-21(17)29-24(31)22-18(25)7-8-20(28-22)15-5-3-2-4-6-15/h7-10,13-16,19,23,30H,2-6,11-12,25-26H2,1H3,(H,29,31)/t14-,16+,19+,23+/m0/s1. The second-order valence-electron chi connectivity index (χ2n) is 9.23. The van der Waals surface area contributed by atoms with Crippen LogP contribution in [0.15, 0.2) is 30.6 Å². The average Bonchev–Trinajstić information content (AvgIpc) is 2.78. The number of pyridine rings is 2. The van der Waals surface area contributed by atoms with Gasteiger partial charge in [0.1, 0.15) is 0 Å². The molecule has 4 rings (SSSR count). The molecule has 166 valence electrons. The molecule has 2 aromatic rings. The summed E-state index contributed by atoms with van der Waals surface area (Å²) in [5.74, 6) is 0.310. The number of rotatable bonds is 4. The number of anilines is 2. The highest BCUT2D eigenvalue weighted by atomic mass is 16.3. The van der Waals surface area contributed by atoms with Crippen LogP contribution in [-0.4, -0.2) is 33.1 Å². The van der Waals surface area contributed by atoms with Crippen molar-refractivity contribution >= 4 is 17.3 Å². The number of nitrogens with one attached hydrogen (secondary N) is 1. The Morgan fingerprint density at radius 1 is 1.13 bits per heavy atom. The monoisotopic (exact) mass is 423 g/mol. The largest absolute Gasteiger partial charge is 0.397 e. The summed E-state index contributed by atoms with van der Waals surface area (Å²) in [5, 5.41) is 13.2. The second kappa shape index (κ2) is 9.32. The number of aliphatic hydroxyl groups excluding tert-OH is 1. The molecule has 0 unspecified atom stereocenters. The van der Waals surface area contributed by atoms with Gasteiger partial charge < -0.3 is 21.9 Å². The van der Waals surface area contributed by atoms with Gasteiger partial charge in [0.05, 0.1) is 23.7 Å². The summed E-state index contributed by atoms with van der Waals surface area (Å²) in [5.41, 5.74) is 15.5. The van der Waals surface area contributed by atoms with Crippen LogP contribution >= 0.6 is 0 Å². The van der Waals surface area contributed by atoms with Crippen molar-refractivity contribution in [1.82, 2.24) is 9.97 Å². The number of nitrogens with zero attached hydrogens (tertiary/aromatic N) is 2. The van der Waals surface area contributed by atoms with Crippen LogP contribution in [0.4, 0.5) is 11.4 Å². The Morgan fingerprint density at radius 3 is 2.65 bits per heavy atom. The molecule has 2 aliphatic rings. The molecule has 0 radical (unpaired) electrons. The van der Waals surface area contributed by atoms with E-state index in [4.69, 9.17) is 11.5 Å². The predicted octanol–water partition coefficient (Wildman–Crippen LogP) is 3.56. The molecule has 31 heavy (non-hydrogen) atoms. The van der Waals surface area contributed by atoms with E-state index in [1.165, 1.54) is 19.3 Å². The van der Waals surface area contributed by atoms with Crippen molar-refractivity contribution in [2.45, 2.75) is 75.9 Å². The topological polar surface area (TPSA) is 127 Å². The van der Waals surface area contributed by atoms with Gasteiger partial charge in [0, 0.05) is 23.9 Å². The van der Waals surface area contributed by atoms with Gasteiger partial charge in [-0.15, -0.1) is 0 Å². The molecule has 0 saturated heterocycles. The van der Waals surface area contributed by atoms with Crippen LogP contribution in [0.5, 0.6) is 0 Å². The van der Waals surface area contributed by atoms with Gasteiger partial charge >= 0.3 is 0 Å². The fourth-order valence-electron chi connectivity index (χ4n) is 5.17. The van der Waals surface area contributed by atoms with E-state index in [9.17, 15) is 9.90 Å². The summed E-state index contributed by atoms with van der Waals surface area (Å²) in [6.45, 7) is 2.01. The first-order valence-corrected chi connectivity index (χ1v) is 11.4. The number of hydrogen-bond donors (Lipinski definition) is 4. The minimum absolute atomic E-state index is 0.0925. The minimum atomic E-state index is -0.498. The average molecular weight is 424 g/mol. The molecular weight excluding hydrogens is 390 g/mol. The van der Waals surface area contributed by atoms with E-state index in [1.54, 1.807) is 18.5 Å². The zero-order valence-electron chi connectivity index (χ0n) is 18.1. The van der Waals surface area contributed by atoms with E-state index in [2.05, 4.69) is 15.3 Å². The van der Waals surface area contributed by atoms with Crippen molar-refractivity contribution < 1.29 is 9.90 Å². The maximum absolute atomic E-state index is 13.1. The molecule has 2 aliphatic carbocycles. The Balaban J connectivity index is 1.56. The zero-order chi connectivity index (χ0) is 22.0. The molecule has 1 amide bonds. The number of carbonyl (C=O) groups is 1. The fraction of sp³-hybridized carbons (Fsp3) is 0.542. The van der Waals surface area contributed by atoms with Gasteiger partial charge in [-0.3, -0.25) is 9.78 Å². The van der Waals surface area contributed by atoms with E-state index in [0.29, 0.717) is 23.7 Å². The Hall–Kier alpha value is -2.51. The fourth-order valence-corrected chi connectivity index (χ4v) is 5.17. The van der Waals surface area contributed by atoms with Gasteiger partial charge in [0.15, 0.2) is 5.69 Å². The van der Waals surface area contributed by atoms with Crippen LogP contribution in [0.2, 0.25) is 0 Å². The number of nitrogens with two attached hydrogens (primary N) is 2. The highest BCUT2D eigenvalue weighted by molar-refractivity contribution is 6.06. The normalized spacial score (nSPS) is 27.1. The Kier molecular flexibility index (Phi) is 6.53. The summed E-state index contributed by atoms with van der Waals surface area (Å²) in [6, 6.07) is 5.38. The summed E-state index contributed by atoms with van der Waals surface area (Å²) >= 11 is 0. The molecule has 2 aromatic heterocycles. The lowest BCUT2D eigenvalue weighted by molar-refractivity contribution is 0.0521. The van der Waals surface area contributed by atoms with Crippen molar-refractivity contribution in [2.24, 2.45) is 11.7 Å². The number of aromatic nitrogens is 2. The van der Waals surface area contributed by atoms with Gasteiger partial charge in [0.25, 0.3) is 5.91 Å². The first-order valence-electron chi connectivity index (χ1n) is 11.4. The van der Waals surface area contributed by atoms with Crippen molar-refractivity contribution in [1.29, 1.82) is 0 Å². The quantitative estimate of drug-likeness (QED) is 0.595. The Labute approximate surface area is 183 Å². The lowest BCUT2D eigenvalue weighted by Crippen LogP contribution is -2.44. The van der Waals surface area contributed by atoms with E-state index in [-0.39, 0.29) is 29.5 Å². The maximum atomic E-state index is 13.1. The molecule has 7 heteroatoms. The molecule has 0 spiro atoms. The van der Waals surface area contributed by atoms with Gasteiger partial charge in [0.2, 0.25) is 0 Å². The predicted molar refractivity (Wildman–Crippen MR) is 122 cm³/mol. The molecule has 2 saturated carbocycles. The lowest BCUT2D eigenvalue weighted by Gasteiger charge is -2.36. The summed E-state index contributed by atoms with van der Waals surface area (Å²) in [6.07, 6.45) is 10.2. The van der Waals surface area contributed by atoms with Gasteiger partial charge in [-0.05, 0) is 61.3 Å². The van der Waals surface area contributed by atoms with Gasteiger partial charge in [-0.25, -0.2) is 4.98 Å². The molecule has 4 atom stereocenters. The molecule has 0 aromatic carbocycles. The first kappa shape index (κ1) is 21.7. The van der Waals surface area contributed by atoms with Crippen LogP contribution in [-0.2, 0) is 0 Å². The third-order valence-corrected chi connectivity index (χ3v) is 6.96. The highest BCUT2D eigenvalue weighted by Gasteiger charge is 2.34. The van der Waals surface area contributed by atoms with Crippen molar-refractivity contribution in [3.05, 3.63) is 47.5 Å². The number of carbonyl (C=O) groups excluding carboxylic acids is 1. The Morgan fingerprint density at radius 2 is 1.90 bits per heavy atom. The SMILES string of the molecule is C[C@H]1C[C@@H](c2ccncc2NC(=O)c2nc(C3CCCCC3)ccc2N)C[C@@H](N)[C@@H]1O. The number of amides is 1. The molecule has 0 aliphatic heterocycles. The van der Waals surface area contributed by atoms with Crippen LogP contribution in [0.1, 0.15) is 85.5 Å². The minimum Gasteiger partial charge on any atom is -0.397 e. The second-order valence-corrected chi connectivity index (χ2v) is 9.23. The summed E-state index contributed by atoms with van der Waals surface area (Å²) in [7, 11) is 0. The maximum Gasteiger partial charge on any atom is 0.276 e. The molecule has 6 N–H and O–H groups in total. The van der Waals surface area contributed by atoms with Crippen molar-refractivity contribution in [2.75, 3.05) is 11.1 Å². The van der Waals surface area contributed by atoms with E-state index < -0.39 is 6.10 Å². The Bertz CT molecular complexity index is 916. The van der Waals surface area contributed by atoms with E-state index in [0.717, 1.165) is 30.5 Å². The molecular formula is C24H33N5O2. The van der Waals surface area contributed by atoms with Crippen LogP contribution in [0, 0.1) is 5.92 Å². The number of nitrogen functional groups attached to an aromatic ring is 1. The summed E-state index contributed by atoms with van der Waals surface area (Å²) in [4.78, 5) is 22.0. The third kappa shape index (κ3) is 4.72. The van der Waals surface area contributed by atoms with Gasteiger partial charge in [-0.1, -0.05) is 26.2 Å². The molecule has 2 heterocycles. The third-order valence-electron chi connectivity index (χ3n) is 6.96. The highest BCUT2D eigenvalue weighted by Crippen LogP contribution is 2.39. The van der Waals surface area contributed by atoms with E-state index in [1.807, 2.05) is 19.1 Å². The molecule has 0 bridgehead atoms. The molecule has 7 nitrogen and oxygen atoms in total. The molecule has 2 fully saturated rings. The number of aliphatic hydroxyl groups is 1. The van der Waals surface area contributed by atoms with Crippen LogP contribution < -0.4 is 16.8 Å². The first-order chi connectivity index (χ1) is 14.9. The number of hydrogen-bond acceptors (Lipinski definition) is 6. The smallest absolute Gasteiger partial charge is 0.276 e. The zero-order valence-corrected chi connectivity index (χ0v) is 18.1. The lowest BCUT2D eigenvalue weighted by atomic mass is 9.74.